The van der Waals surface area contributed by atoms with Crippen LogP contribution < -0.4 is 15.0 Å². The van der Waals surface area contributed by atoms with Crippen LogP contribution in [0.3, 0.4) is 0 Å². The molecular weight excluding hydrogens is 662 g/mol. The fourth-order valence-electron chi connectivity index (χ4n) is 4.15. The maximum Gasteiger partial charge on any atom is 0.416 e. The molecule has 3 aromatic carbocycles. The SMILES string of the molecule is Cc1ccc(OCCC(F)(F)F)c(N2C(=O)C(Cl)S/C2=N\C(=O)Nc2ccc(-c3ncn(-c4ccc(C(F)(F)F)cc4)n3)cc2)c1. The Hall–Kier alpha value is -4.57. The van der Waals surface area contributed by atoms with E-state index in [1.807, 2.05) is 0 Å². The lowest BCUT2D eigenvalue weighted by molar-refractivity contribution is -0.139. The van der Waals surface area contributed by atoms with Gasteiger partial charge >= 0.3 is 18.4 Å². The van der Waals surface area contributed by atoms with Gasteiger partial charge in [0.15, 0.2) is 15.7 Å². The molecule has 1 saturated heterocycles. The standard InChI is InChI=1S/C29H21ClF6N6O3S/c1-16-2-11-22(45-13-12-28(31,32)33)21(14-16)42-25(43)23(30)46-27(42)39-26(44)38-19-7-3-17(4-8-19)24-37-15-41(40-24)20-9-5-18(6-10-20)29(34,35)36/h2-11,14-15,23H,12-13H2,1H3,(H,38,44)/b39-27-. The molecular formula is C29H21ClF6N6O3S. The summed E-state index contributed by atoms with van der Waals surface area (Å²) in [5.74, 6) is -0.404. The second kappa shape index (κ2) is 13.0. The maximum atomic E-state index is 12.9. The quantitative estimate of drug-likeness (QED) is 0.158. The van der Waals surface area contributed by atoms with Gasteiger partial charge in [0.25, 0.3) is 5.91 Å². The van der Waals surface area contributed by atoms with Crippen LogP contribution in [0.25, 0.3) is 17.1 Å². The van der Waals surface area contributed by atoms with Crippen LogP contribution in [0.1, 0.15) is 17.5 Å². The highest BCUT2D eigenvalue weighted by molar-refractivity contribution is 8.17. The van der Waals surface area contributed by atoms with E-state index in [-0.39, 0.29) is 22.4 Å². The maximum absolute atomic E-state index is 12.9. The van der Waals surface area contributed by atoms with Crippen LogP contribution in [0.15, 0.2) is 78.0 Å². The van der Waals surface area contributed by atoms with Crippen LogP contribution >= 0.6 is 23.4 Å². The number of halogens is 7. The number of rotatable bonds is 7. The first-order chi connectivity index (χ1) is 21.7. The molecule has 9 nitrogen and oxygen atoms in total. The summed E-state index contributed by atoms with van der Waals surface area (Å²) in [5, 5.41) is 6.74. The number of anilines is 2. The van der Waals surface area contributed by atoms with Crippen molar-refractivity contribution in [2.24, 2.45) is 4.99 Å². The molecule has 1 N–H and O–H groups in total. The fraction of sp³-hybridized carbons (Fsp3) is 0.207. The van der Waals surface area contributed by atoms with Gasteiger partial charge in [-0.25, -0.2) is 14.5 Å². The molecule has 0 aliphatic carbocycles. The zero-order chi connectivity index (χ0) is 33.2. The van der Waals surface area contributed by atoms with Gasteiger partial charge in [0.2, 0.25) is 0 Å². The number of urea groups is 1. The van der Waals surface area contributed by atoms with Gasteiger partial charge in [-0.2, -0.15) is 31.3 Å². The Labute approximate surface area is 266 Å². The van der Waals surface area contributed by atoms with E-state index >= 15 is 0 Å². The van der Waals surface area contributed by atoms with Crippen molar-refractivity contribution in [3.8, 4) is 22.8 Å². The van der Waals surface area contributed by atoms with E-state index in [4.69, 9.17) is 16.3 Å². The van der Waals surface area contributed by atoms with Crippen molar-refractivity contribution in [3.63, 3.8) is 0 Å². The van der Waals surface area contributed by atoms with Crippen LogP contribution in [0.5, 0.6) is 5.75 Å². The first kappa shape index (κ1) is 32.8. The molecule has 5 rings (SSSR count). The number of aliphatic imine (C=N–C) groups is 1. The number of thioether (sulfide) groups is 1. The number of ether oxygens (including phenoxy) is 1. The number of benzene rings is 3. The second-order valence-electron chi connectivity index (χ2n) is 9.75. The highest BCUT2D eigenvalue weighted by Gasteiger charge is 2.40. The number of aryl methyl sites for hydroxylation is 1. The minimum atomic E-state index is -4.46. The molecule has 1 aliphatic heterocycles. The average molecular weight is 683 g/mol. The smallest absolute Gasteiger partial charge is 0.416 e. The predicted octanol–water partition coefficient (Wildman–Crippen LogP) is 7.83. The Morgan fingerprint density at radius 1 is 1.04 bits per heavy atom. The van der Waals surface area contributed by atoms with Gasteiger partial charge in [0, 0.05) is 11.3 Å². The number of amides is 3. The van der Waals surface area contributed by atoms with E-state index in [0.29, 0.717) is 22.5 Å². The summed E-state index contributed by atoms with van der Waals surface area (Å²) in [5.41, 5.74) is 1.19. The number of alkyl halides is 7. The lowest BCUT2D eigenvalue weighted by Gasteiger charge is -2.20. The summed E-state index contributed by atoms with van der Waals surface area (Å²) in [6, 6.07) is 14.4. The topological polar surface area (TPSA) is 102 Å². The van der Waals surface area contributed by atoms with Crippen molar-refractivity contribution in [3.05, 3.63) is 84.2 Å². The summed E-state index contributed by atoms with van der Waals surface area (Å²) in [6.45, 7) is 1.02. The van der Waals surface area contributed by atoms with Crippen LogP contribution in [-0.2, 0) is 11.0 Å². The molecule has 240 valence electrons. The molecule has 0 spiro atoms. The zero-order valence-corrected chi connectivity index (χ0v) is 25.0. The lowest BCUT2D eigenvalue weighted by Crippen LogP contribution is -2.32. The van der Waals surface area contributed by atoms with E-state index in [1.165, 1.54) is 47.4 Å². The molecule has 1 aliphatic rings. The van der Waals surface area contributed by atoms with E-state index < -0.39 is 47.6 Å². The van der Waals surface area contributed by atoms with Crippen molar-refractivity contribution in [2.45, 2.75) is 30.4 Å². The predicted molar refractivity (Wildman–Crippen MR) is 160 cm³/mol. The monoisotopic (exact) mass is 682 g/mol. The summed E-state index contributed by atoms with van der Waals surface area (Å²) in [6.07, 6.45) is -8.76. The van der Waals surface area contributed by atoms with E-state index in [1.54, 1.807) is 25.1 Å². The molecule has 1 aromatic heterocycles. The number of nitrogens with zero attached hydrogens (tertiary/aromatic N) is 5. The molecule has 1 unspecified atom stereocenters. The van der Waals surface area contributed by atoms with Gasteiger partial charge < -0.3 is 10.1 Å². The number of carbonyl (C=O) groups excluding carboxylic acids is 2. The number of amidine groups is 1. The Kier molecular flexibility index (Phi) is 9.30. The third-order valence-corrected chi connectivity index (χ3v) is 7.70. The second-order valence-corrected chi connectivity index (χ2v) is 11.5. The third-order valence-electron chi connectivity index (χ3n) is 6.36. The summed E-state index contributed by atoms with van der Waals surface area (Å²) >= 11 is 6.94. The average Bonchev–Trinajstić information content (AvgIpc) is 3.58. The molecule has 1 atom stereocenters. The minimum Gasteiger partial charge on any atom is -0.491 e. The van der Waals surface area contributed by atoms with Gasteiger partial charge in [-0.05, 0) is 73.2 Å². The summed E-state index contributed by atoms with van der Waals surface area (Å²) in [4.78, 5) is 35.0. The van der Waals surface area contributed by atoms with Gasteiger partial charge in [0.05, 0.1) is 30.0 Å². The Morgan fingerprint density at radius 2 is 1.74 bits per heavy atom. The molecule has 17 heteroatoms. The highest BCUT2D eigenvalue weighted by atomic mass is 35.5. The molecule has 0 radical (unpaired) electrons. The third kappa shape index (κ3) is 7.80. The first-order valence-corrected chi connectivity index (χ1v) is 14.5. The molecule has 2 heterocycles. The van der Waals surface area contributed by atoms with Gasteiger partial charge in [0.1, 0.15) is 12.1 Å². The van der Waals surface area contributed by atoms with Crippen molar-refractivity contribution >= 4 is 51.8 Å². The van der Waals surface area contributed by atoms with E-state index in [2.05, 4.69) is 20.4 Å². The molecule has 1 fully saturated rings. The number of aromatic nitrogens is 3. The number of nitrogens with one attached hydrogen (secondary N) is 1. The first-order valence-electron chi connectivity index (χ1n) is 13.2. The van der Waals surface area contributed by atoms with Gasteiger partial charge in [-0.15, -0.1) is 5.10 Å². The van der Waals surface area contributed by atoms with Crippen molar-refractivity contribution in [1.82, 2.24) is 14.8 Å². The molecule has 0 bridgehead atoms. The van der Waals surface area contributed by atoms with Crippen LogP contribution in [0.2, 0.25) is 0 Å². The zero-order valence-electron chi connectivity index (χ0n) is 23.4. The minimum absolute atomic E-state index is 0.0207. The Bertz CT molecular complexity index is 1780. The van der Waals surface area contributed by atoms with Gasteiger partial charge in [-0.3, -0.25) is 9.69 Å². The normalized spacial score (nSPS) is 16.3. The van der Waals surface area contributed by atoms with Crippen molar-refractivity contribution in [2.75, 3.05) is 16.8 Å². The molecule has 3 amide bonds. The van der Waals surface area contributed by atoms with Crippen LogP contribution in [-0.4, -0.2) is 49.4 Å². The number of hydrogen-bond donors (Lipinski definition) is 1. The summed E-state index contributed by atoms with van der Waals surface area (Å²) < 4.78 is 82.1. The van der Waals surface area contributed by atoms with Crippen LogP contribution in [0, 0.1) is 6.92 Å². The van der Waals surface area contributed by atoms with Gasteiger partial charge in [-0.1, -0.05) is 29.4 Å². The molecule has 0 saturated carbocycles. The fourth-order valence-corrected chi connectivity index (χ4v) is 5.31. The highest BCUT2D eigenvalue weighted by Crippen LogP contribution is 2.39. The van der Waals surface area contributed by atoms with Crippen LogP contribution in [0.4, 0.5) is 42.5 Å². The van der Waals surface area contributed by atoms with Crippen molar-refractivity contribution in [1.29, 1.82) is 0 Å². The molecule has 4 aromatic rings. The van der Waals surface area contributed by atoms with E-state index in [9.17, 15) is 35.9 Å². The Morgan fingerprint density at radius 3 is 2.39 bits per heavy atom. The van der Waals surface area contributed by atoms with Crippen molar-refractivity contribution < 1.29 is 40.7 Å². The molecule has 46 heavy (non-hydrogen) atoms. The summed E-state index contributed by atoms with van der Waals surface area (Å²) in [7, 11) is 0. The Balaban J connectivity index is 1.29. The van der Waals surface area contributed by atoms with E-state index in [0.717, 1.165) is 28.8 Å². The largest absolute Gasteiger partial charge is 0.491 e. The number of carbonyl (C=O) groups is 2. The lowest BCUT2D eigenvalue weighted by atomic mass is 10.2. The number of hydrogen-bond acceptors (Lipinski definition) is 6.